The molecular weight excluding hydrogens is 282 g/mol. The molecule has 0 spiro atoms. The van der Waals surface area contributed by atoms with Gasteiger partial charge in [0, 0.05) is 11.8 Å². The molecular formula is C13H10ClN3OS. The molecule has 0 aromatic carbocycles. The van der Waals surface area contributed by atoms with E-state index in [4.69, 9.17) is 17.3 Å². The van der Waals surface area contributed by atoms with Crippen molar-refractivity contribution in [3.63, 3.8) is 0 Å². The van der Waals surface area contributed by atoms with E-state index < -0.39 is 0 Å². The Balaban J connectivity index is 2.13. The van der Waals surface area contributed by atoms with Crippen molar-refractivity contribution >= 4 is 34.7 Å². The number of amides is 1. The lowest BCUT2D eigenvalue weighted by molar-refractivity contribution is 0.103. The predicted molar refractivity (Wildman–Crippen MR) is 77.5 cm³/mol. The molecule has 2 aromatic heterocycles. The number of anilines is 1. The lowest BCUT2D eigenvalue weighted by Crippen LogP contribution is -2.11. The van der Waals surface area contributed by atoms with Gasteiger partial charge in [-0.15, -0.1) is 11.3 Å². The Morgan fingerprint density at radius 3 is 3.00 bits per heavy atom. The standard InChI is InChI=1S/C13H10ClN3OS/c14-11-4-3-10(19-11)13(18)17-12-8-9(2-1-6-15)5-7-16-12/h3-5,7-8H,6,15H2,(H,16,17,18). The molecule has 0 radical (unpaired) electrons. The summed E-state index contributed by atoms with van der Waals surface area (Å²) in [5.41, 5.74) is 6.05. The number of rotatable bonds is 2. The molecule has 0 fully saturated rings. The minimum Gasteiger partial charge on any atom is -0.320 e. The number of nitrogens with two attached hydrogens (primary N) is 1. The number of halogens is 1. The van der Waals surface area contributed by atoms with Gasteiger partial charge in [-0.05, 0) is 24.3 Å². The molecule has 0 aliphatic heterocycles. The van der Waals surface area contributed by atoms with Crippen LogP contribution in [0.3, 0.4) is 0 Å². The van der Waals surface area contributed by atoms with Crippen LogP contribution < -0.4 is 11.1 Å². The Hall–Kier alpha value is -1.87. The number of thiophene rings is 1. The highest BCUT2D eigenvalue weighted by Crippen LogP contribution is 2.22. The number of carbonyl (C=O) groups is 1. The van der Waals surface area contributed by atoms with Gasteiger partial charge in [0.15, 0.2) is 0 Å². The first kappa shape index (κ1) is 13.6. The van der Waals surface area contributed by atoms with E-state index in [0.717, 1.165) is 5.56 Å². The summed E-state index contributed by atoms with van der Waals surface area (Å²) in [4.78, 5) is 16.5. The van der Waals surface area contributed by atoms with Gasteiger partial charge in [-0.2, -0.15) is 0 Å². The Morgan fingerprint density at radius 2 is 2.32 bits per heavy atom. The molecule has 2 rings (SSSR count). The minimum atomic E-state index is -0.242. The fraction of sp³-hybridized carbons (Fsp3) is 0.0769. The zero-order valence-corrected chi connectivity index (χ0v) is 11.4. The highest BCUT2D eigenvalue weighted by atomic mass is 35.5. The van der Waals surface area contributed by atoms with Crippen LogP contribution in [0.2, 0.25) is 4.34 Å². The Bertz CT molecular complexity index is 657. The van der Waals surface area contributed by atoms with Gasteiger partial charge in [-0.3, -0.25) is 4.79 Å². The van der Waals surface area contributed by atoms with Crippen molar-refractivity contribution in [2.24, 2.45) is 5.73 Å². The van der Waals surface area contributed by atoms with Crippen LogP contribution in [-0.4, -0.2) is 17.4 Å². The largest absolute Gasteiger partial charge is 0.320 e. The number of nitrogens with one attached hydrogen (secondary N) is 1. The van der Waals surface area contributed by atoms with E-state index in [9.17, 15) is 4.79 Å². The number of pyridine rings is 1. The van der Waals surface area contributed by atoms with E-state index >= 15 is 0 Å². The zero-order chi connectivity index (χ0) is 13.7. The predicted octanol–water partition coefficient (Wildman–Crippen LogP) is 2.36. The Morgan fingerprint density at radius 1 is 1.47 bits per heavy atom. The number of hydrogen-bond acceptors (Lipinski definition) is 4. The zero-order valence-electron chi connectivity index (χ0n) is 9.81. The number of aromatic nitrogens is 1. The molecule has 0 bridgehead atoms. The SMILES string of the molecule is NCC#Cc1ccnc(NC(=O)c2ccc(Cl)s2)c1. The summed E-state index contributed by atoms with van der Waals surface area (Å²) in [6.45, 7) is 0.289. The molecule has 3 N–H and O–H groups in total. The molecule has 19 heavy (non-hydrogen) atoms. The van der Waals surface area contributed by atoms with Crippen molar-refractivity contribution in [2.45, 2.75) is 0 Å². The first-order valence-electron chi connectivity index (χ1n) is 5.41. The molecule has 6 heteroatoms. The Kier molecular flexibility index (Phi) is 4.53. The fourth-order valence-electron chi connectivity index (χ4n) is 1.34. The maximum Gasteiger partial charge on any atom is 0.266 e. The van der Waals surface area contributed by atoms with Crippen LogP contribution in [0.15, 0.2) is 30.5 Å². The third kappa shape index (κ3) is 3.80. The van der Waals surface area contributed by atoms with Crippen LogP contribution in [0.25, 0.3) is 0 Å². The summed E-state index contributed by atoms with van der Waals surface area (Å²) in [5.74, 6) is 5.82. The van der Waals surface area contributed by atoms with Crippen LogP contribution in [-0.2, 0) is 0 Å². The molecule has 0 unspecified atom stereocenters. The van der Waals surface area contributed by atoms with Crippen molar-refractivity contribution in [1.82, 2.24) is 4.98 Å². The van der Waals surface area contributed by atoms with Crippen molar-refractivity contribution in [3.8, 4) is 11.8 Å². The molecule has 2 heterocycles. The quantitative estimate of drug-likeness (QED) is 0.835. The summed E-state index contributed by atoms with van der Waals surface area (Å²) < 4.78 is 0.570. The smallest absolute Gasteiger partial charge is 0.266 e. The maximum absolute atomic E-state index is 11.9. The third-order valence-corrected chi connectivity index (χ3v) is 3.36. The molecule has 0 saturated carbocycles. The van der Waals surface area contributed by atoms with E-state index in [1.165, 1.54) is 11.3 Å². The minimum absolute atomic E-state index is 0.242. The summed E-state index contributed by atoms with van der Waals surface area (Å²) in [6, 6.07) is 6.79. The van der Waals surface area contributed by atoms with Gasteiger partial charge in [0.25, 0.3) is 5.91 Å². The van der Waals surface area contributed by atoms with Crippen molar-refractivity contribution in [2.75, 3.05) is 11.9 Å². The molecule has 0 aliphatic carbocycles. The molecule has 0 saturated heterocycles. The lowest BCUT2D eigenvalue weighted by atomic mass is 10.2. The first-order valence-corrected chi connectivity index (χ1v) is 6.60. The van der Waals surface area contributed by atoms with Crippen molar-refractivity contribution in [1.29, 1.82) is 0 Å². The van der Waals surface area contributed by atoms with Crippen LogP contribution in [0.5, 0.6) is 0 Å². The highest BCUT2D eigenvalue weighted by molar-refractivity contribution is 7.18. The lowest BCUT2D eigenvalue weighted by Gasteiger charge is -2.02. The Labute approximate surface area is 119 Å². The van der Waals surface area contributed by atoms with Crippen LogP contribution >= 0.6 is 22.9 Å². The van der Waals surface area contributed by atoms with Gasteiger partial charge in [0.2, 0.25) is 0 Å². The maximum atomic E-state index is 11.9. The number of carbonyl (C=O) groups excluding carboxylic acids is 1. The molecule has 2 aromatic rings. The fourth-order valence-corrected chi connectivity index (χ4v) is 2.28. The van der Waals surface area contributed by atoms with Gasteiger partial charge < -0.3 is 11.1 Å². The average molecular weight is 292 g/mol. The van der Waals surface area contributed by atoms with Gasteiger partial charge >= 0.3 is 0 Å². The first-order chi connectivity index (χ1) is 9.19. The molecule has 0 aliphatic rings. The molecule has 0 atom stereocenters. The van der Waals surface area contributed by atoms with Crippen molar-refractivity contribution in [3.05, 3.63) is 45.2 Å². The normalized spacial score (nSPS) is 9.58. The summed E-state index contributed by atoms with van der Waals surface area (Å²) in [7, 11) is 0. The second-order valence-corrected chi connectivity index (χ2v) is 5.21. The molecule has 96 valence electrons. The van der Waals surface area contributed by atoms with Crippen LogP contribution in [0.4, 0.5) is 5.82 Å². The third-order valence-electron chi connectivity index (χ3n) is 2.13. The van der Waals surface area contributed by atoms with Gasteiger partial charge in [0.1, 0.15) is 5.82 Å². The monoisotopic (exact) mass is 291 g/mol. The number of hydrogen-bond donors (Lipinski definition) is 2. The topological polar surface area (TPSA) is 68.0 Å². The van der Waals surface area contributed by atoms with E-state index in [1.54, 1.807) is 30.5 Å². The van der Waals surface area contributed by atoms with E-state index in [-0.39, 0.29) is 12.5 Å². The number of nitrogens with zero attached hydrogens (tertiary/aromatic N) is 1. The van der Waals surface area contributed by atoms with E-state index in [2.05, 4.69) is 22.1 Å². The van der Waals surface area contributed by atoms with Crippen molar-refractivity contribution < 1.29 is 4.79 Å². The van der Waals surface area contributed by atoms with E-state index in [0.29, 0.717) is 15.0 Å². The summed E-state index contributed by atoms with van der Waals surface area (Å²) in [6.07, 6.45) is 1.58. The summed E-state index contributed by atoms with van der Waals surface area (Å²) >= 11 is 7.00. The highest BCUT2D eigenvalue weighted by Gasteiger charge is 2.09. The second-order valence-electron chi connectivity index (χ2n) is 3.49. The van der Waals surface area contributed by atoms with Gasteiger partial charge in [-0.25, -0.2) is 4.98 Å². The molecule has 1 amide bonds. The van der Waals surface area contributed by atoms with E-state index in [1.807, 2.05) is 0 Å². The average Bonchev–Trinajstić information content (AvgIpc) is 2.83. The van der Waals surface area contributed by atoms with Gasteiger partial charge in [-0.1, -0.05) is 23.4 Å². The summed E-state index contributed by atoms with van der Waals surface area (Å²) in [5, 5.41) is 2.69. The van der Waals surface area contributed by atoms with Crippen LogP contribution in [0, 0.1) is 11.8 Å². The van der Waals surface area contributed by atoms with Crippen LogP contribution in [0.1, 0.15) is 15.2 Å². The second kappa shape index (κ2) is 6.34. The van der Waals surface area contributed by atoms with Gasteiger partial charge in [0.05, 0.1) is 15.8 Å². The molecule has 4 nitrogen and oxygen atoms in total.